The fourth-order valence-corrected chi connectivity index (χ4v) is 4.13. The summed E-state index contributed by atoms with van der Waals surface area (Å²) in [7, 11) is 0. The molecular weight excluding hydrogens is 353 g/mol. The van der Waals surface area contributed by atoms with Crippen molar-refractivity contribution in [3.8, 4) is 0 Å². The van der Waals surface area contributed by atoms with Crippen molar-refractivity contribution in [3.63, 3.8) is 0 Å². The van der Waals surface area contributed by atoms with E-state index < -0.39 is 5.82 Å². The fraction of sp³-hybridized carbons (Fsp3) is 0.304. The molecule has 0 atom stereocenters. The maximum absolute atomic E-state index is 13.6. The summed E-state index contributed by atoms with van der Waals surface area (Å²) in [5.74, 6) is 0.242. The number of carbonyl (C=O) groups is 1. The topological polar surface area (TPSA) is 38.1 Å². The van der Waals surface area contributed by atoms with Crippen LogP contribution in [0.3, 0.4) is 0 Å². The highest BCUT2D eigenvalue weighted by molar-refractivity contribution is 5.94. The Hall–Kier alpha value is -2.95. The van der Waals surface area contributed by atoms with Gasteiger partial charge in [0, 0.05) is 18.2 Å². The van der Waals surface area contributed by atoms with E-state index in [1.54, 1.807) is 23.1 Å². The van der Waals surface area contributed by atoms with E-state index in [0.29, 0.717) is 24.7 Å². The van der Waals surface area contributed by atoms with Crippen molar-refractivity contribution in [1.29, 1.82) is 0 Å². The highest BCUT2D eigenvalue weighted by Crippen LogP contribution is 2.34. The van der Waals surface area contributed by atoms with Gasteiger partial charge in [-0.25, -0.2) is 9.37 Å². The number of hydrogen-bond donors (Lipinski definition) is 0. The van der Waals surface area contributed by atoms with Crippen LogP contribution in [0.1, 0.15) is 47.9 Å². The van der Waals surface area contributed by atoms with E-state index in [-0.39, 0.29) is 5.91 Å². The summed E-state index contributed by atoms with van der Waals surface area (Å²) in [5, 5.41) is 0. The van der Waals surface area contributed by atoms with Crippen LogP contribution >= 0.6 is 0 Å². The number of para-hydroxylation sites is 2. The third-order valence-corrected chi connectivity index (χ3v) is 5.40. The van der Waals surface area contributed by atoms with E-state index in [4.69, 9.17) is 4.98 Å². The average Bonchev–Trinajstić information content (AvgIpc) is 3.34. The molecule has 1 heterocycles. The molecule has 144 valence electrons. The molecule has 4 rings (SSSR count). The molecule has 0 radical (unpaired) electrons. The normalized spacial score (nSPS) is 14.5. The molecule has 1 aliphatic rings. The molecule has 5 heteroatoms. The van der Waals surface area contributed by atoms with Crippen LogP contribution in [0.25, 0.3) is 11.0 Å². The Bertz CT molecular complexity index is 1000. The quantitative estimate of drug-likeness (QED) is 0.559. The average molecular weight is 377 g/mol. The van der Waals surface area contributed by atoms with E-state index in [0.717, 1.165) is 29.7 Å². The van der Waals surface area contributed by atoms with Gasteiger partial charge in [-0.2, -0.15) is 0 Å². The Kier molecular flexibility index (Phi) is 5.24. The second-order valence-electron chi connectivity index (χ2n) is 7.31. The largest absolute Gasteiger partial charge is 0.327 e. The zero-order valence-corrected chi connectivity index (χ0v) is 15.9. The second kappa shape index (κ2) is 7.97. The number of carbonyl (C=O) groups excluding carboxylic acids is 1. The molecule has 0 aliphatic heterocycles. The van der Waals surface area contributed by atoms with Crippen LogP contribution in [0.5, 0.6) is 0 Å². The van der Waals surface area contributed by atoms with Crippen LogP contribution in [-0.2, 0) is 6.54 Å². The van der Waals surface area contributed by atoms with Crippen LogP contribution in [0.2, 0.25) is 0 Å². The molecule has 1 saturated carbocycles. The lowest BCUT2D eigenvalue weighted by atomic mass is 10.2. The van der Waals surface area contributed by atoms with E-state index in [1.165, 1.54) is 25.0 Å². The summed E-state index contributed by atoms with van der Waals surface area (Å²) in [6.07, 6.45) is 6.39. The van der Waals surface area contributed by atoms with Gasteiger partial charge in [-0.05, 0) is 43.2 Å². The first kappa shape index (κ1) is 18.4. The highest BCUT2D eigenvalue weighted by atomic mass is 19.1. The van der Waals surface area contributed by atoms with Crippen LogP contribution in [0.15, 0.2) is 61.2 Å². The van der Waals surface area contributed by atoms with Gasteiger partial charge in [0.1, 0.15) is 11.6 Å². The Morgan fingerprint density at radius 3 is 2.75 bits per heavy atom. The standard InChI is InChI=1S/C23H24FN3O/c1-2-14-26(23(28)17-8-7-9-18(24)15-17)16-22-25-20-12-5-6-13-21(20)27(22)19-10-3-4-11-19/h2,5-9,12-13,15,19H,1,3-4,10-11,14,16H2. The third kappa shape index (κ3) is 3.57. The molecule has 1 aliphatic carbocycles. The first-order chi connectivity index (χ1) is 13.7. The maximum Gasteiger partial charge on any atom is 0.254 e. The molecule has 28 heavy (non-hydrogen) atoms. The third-order valence-electron chi connectivity index (χ3n) is 5.40. The van der Waals surface area contributed by atoms with Crippen LogP contribution in [-0.4, -0.2) is 26.9 Å². The molecule has 1 amide bonds. The molecule has 0 spiro atoms. The number of fused-ring (bicyclic) bond motifs is 1. The summed E-state index contributed by atoms with van der Waals surface area (Å²) in [6, 6.07) is 14.3. The van der Waals surface area contributed by atoms with Gasteiger partial charge in [0.2, 0.25) is 0 Å². The van der Waals surface area contributed by atoms with Crippen molar-refractivity contribution in [1.82, 2.24) is 14.5 Å². The molecule has 0 bridgehead atoms. The first-order valence-electron chi connectivity index (χ1n) is 9.79. The van der Waals surface area contributed by atoms with Gasteiger partial charge in [0.15, 0.2) is 0 Å². The minimum Gasteiger partial charge on any atom is -0.327 e. The van der Waals surface area contributed by atoms with Crippen LogP contribution in [0.4, 0.5) is 4.39 Å². The van der Waals surface area contributed by atoms with Gasteiger partial charge < -0.3 is 9.47 Å². The van der Waals surface area contributed by atoms with E-state index in [2.05, 4.69) is 17.2 Å². The van der Waals surface area contributed by atoms with E-state index >= 15 is 0 Å². The number of halogens is 1. The SMILES string of the molecule is C=CCN(Cc1nc2ccccc2n1C1CCCC1)C(=O)c1cccc(F)c1. The fourth-order valence-electron chi connectivity index (χ4n) is 4.13. The smallest absolute Gasteiger partial charge is 0.254 e. The Labute approximate surface area is 164 Å². The lowest BCUT2D eigenvalue weighted by Gasteiger charge is -2.23. The van der Waals surface area contributed by atoms with E-state index in [9.17, 15) is 9.18 Å². The van der Waals surface area contributed by atoms with Crippen LogP contribution < -0.4 is 0 Å². The Morgan fingerprint density at radius 2 is 2.00 bits per heavy atom. The van der Waals surface area contributed by atoms with Crippen molar-refractivity contribution < 1.29 is 9.18 Å². The summed E-state index contributed by atoms with van der Waals surface area (Å²) in [4.78, 5) is 19.5. The number of aromatic nitrogens is 2. The summed E-state index contributed by atoms with van der Waals surface area (Å²) in [6.45, 7) is 4.53. The van der Waals surface area contributed by atoms with Gasteiger partial charge in [0.05, 0.1) is 17.6 Å². The van der Waals surface area contributed by atoms with Gasteiger partial charge in [-0.3, -0.25) is 4.79 Å². The van der Waals surface area contributed by atoms with Gasteiger partial charge in [0.25, 0.3) is 5.91 Å². The highest BCUT2D eigenvalue weighted by Gasteiger charge is 2.25. The van der Waals surface area contributed by atoms with Crippen LogP contribution in [0, 0.1) is 5.82 Å². The molecule has 0 saturated heterocycles. The van der Waals surface area contributed by atoms with Gasteiger partial charge >= 0.3 is 0 Å². The number of benzene rings is 2. The molecule has 0 unspecified atom stereocenters. The molecule has 1 fully saturated rings. The van der Waals surface area contributed by atoms with Crippen molar-refractivity contribution >= 4 is 16.9 Å². The molecule has 2 aromatic carbocycles. The van der Waals surface area contributed by atoms with Crippen molar-refractivity contribution in [2.75, 3.05) is 6.54 Å². The summed E-state index contributed by atoms with van der Waals surface area (Å²) in [5.41, 5.74) is 2.40. The molecule has 1 aromatic heterocycles. The van der Waals surface area contributed by atoms with Crippen molar-refractivity contribution in [2.45, 2.75) is 38.3 Å². The second-order valence-corrected chi connectivity index (χ2v) is 7.31. The number of imidazole rings is 1. The minimum atomic E-state index is -0.414. The number of amides is 1. The number of rotatable bonds is 6. The Balaban J connectivity index is 1.70. The maximum atomic E-state index is 13.6. The predicted octanol–water partition coefficient (Wildman–Crippen LogP) is 5.12. The molecule has 3 aromatic rings. The first-order valence-corrected chi connectivity index (χ1v) is 9.79. The predicted molar refractivity (Wildman–Crippen MR) is 109 cm³/mol. The monoisotopic (exact) mass is 377 g/mol. The zero-order valence-electron chi connectivity index (χ0n) is 15.9. The van der Waals surface area contributed by atoms with E-state index in [1.807, 2.05) is 18.2 Å². The molecule has 4 nitrogen and oxygen atoms in total. The lowest BCUT2D eigenvalue weighted by molar-refractivity contribution is 0.0756. The number of nitrogens with zero attached hydrogens (tertiary/aromatic N) is 3. The molecule has 0 N–H and O–H groups in total. The van der Waals surface area contributed by atoms with Gasteiger partial charge in [-0.15, -0.1) is 6.58 Å². The summed E-state index contributed by atoms with van der Waals surface area (Å²) < 4.78 is 15.9. The van der Waals surface area contributed by atoms with Crippen molar-refractivity contribution in [3.05, 3.63) is 78.4 Å². The zero-order chi connectivity index (χ0) is 19.5. The molecular formula is C23H24FN3O. The number of hydrogen-bond acceptors (Lipinski definition) is 2. The summed E-state index contributed by atoms with van der Waals surface area (Å²) >= 11 is 0. The van der Waals surface area contributed by atoms with Crippen molar-refractivity contribution in [2.24, 2.45) is 0 Å². The lowest BCUT2D eigenvalue weighted by Crippen LogP contribution is -2.32. The minimum absolute atomic E-state index is 0.218. The van der Waals surface area contributed by atoms with Gasteiger partial charge in [-0.1, -0.05) is 37.1 Å². The Morgan fingerprint density at radius 1 is 1.21 bits per heavy atom.